The van der Waals surface area contributed by atoms with Gasteiger partial charge in [-0.15, -0.1) is 0 Å². The number of rotatable bonds is 6. The van der Waals surface area contributed by atoms with Gasteiger partial charge in [0.2, 0.25) is 11.6 Å². The number of alkyl halides is 3. The quantitative estimate of drug-likeness (QED) is 0.555. The van der Waals surface area contributed by atoms with Crippen molar-refractivity contribution >= 4 is 35.1 Å². The van der Waals surface area contributed by atoms with Crippen LogP contribution in [0.15, 0.2) is 27.8 Å². The van der Waals surface area contributed by atoms with Crippen molar-refractivity contribution in [3.63, 3.8) is 0 Å². The lowest BCUT2D eigenvalue weighted by molar-refractivity contribution is -0.136. The molecule has 0 saturated heterocycles. The van der Waals surface area contributed by atoms with Crippen LogP contribution in [-0.2, 0) is 13.6 Å². The average molecular weight is 493 g/mol. The van der Waals surface area contributed by atoms with E-state index in [1.54, 1.807) is 0 Å². The molecule has 0 unspecified atom stereocenters. The first-order chi connectivity index (χ1) is 15.0. The second-order valence-corrected chi connectivity index (χ2v) is 7.21. The summed E-state index contributed by atoms with van der Waals surface area (Å²) in [5, 5.41) is 16.5. The Labute approximate surface area is 186 Å². The Morgan fingerprint density at radius 1 is 1.19 bits per heavy atom. The van der Waals surface area contributed by atoms with Gasteiger partial charge in [-0.1, -0.05) is 28.3 Å². The Balaban J connectivity index is 1.91. The summed E-state index contributed by atoms with van der Waals surface area (Å²) in [7, 11) is 1.22. The van der Waals surface area contributed by atoms with E-state index in [0.29, 0.717) is 4.57 Å². The Morgan fingerprint density at radius 2 is 1.91 bits per heavy atom. The number of benzene rings is 1. The number of nitrogens with zero attached hydrogens (tertiary/aromatic N) is 7. The lowest BCUT2D eigenvalue weighted by Gasteiger charge is -2.10. The summed E-state index contributed by atoms with van der Waals surface area (Å²) in [6.45, 7) is -0.240. The van der Waals surface area contributed by atoms with Crippen molar-refractivity contribution in [3.05, 3.63) is 54.8 Å². The van der Waals surface area contributed by atoms with Crippen molar-refractivity contribution in [3.8, 4) is 5.69 Å². The molecule has 0 fully saturated rings. The predicted octanol–water partition coefficient (Wildman–Crippen LogP) is 1.82. The maximum absolute atomic E-state index is 12.8. The predicted molar refractivity (Wildman–Crippen MR) is 106 cm³/mol. The molecule has 0 spiro atoms. The van der Waals surface area contributed by atoms with Gasteiger partial charge in [0, 0.05) is 20.0 Å². The number of amides is 1. The molecule has 3 aromatic rings. The van der Waals surface area contributed by atoms with Crippen LogP contribution in [0, 0.1) is 0 Å². The molecule has 32 heavy (non-hydrogen) atoms. The summed E-state index contributed by atoms with van der Waals surface area (Å²) in [5.74, 6) is -1.38. The largest absolute Gasteiger partial charge is 0.389 e. The van der Waals surface area contributed by atoms with Crippen molar-refractivity contribution in [2.75, 3.05) is 5.32 Å². The third-order valence-electron chi connectivity index (χ3n) is 4.09. The standard InChI is InChI=1S/C16H13Cl2F3N8O3/c1-27-15(32)29(8-3-4-9(17)10(18)7-8)13(31)11(24-27)12(30)22-14-23-25-26-28(14)6-2-5-16(19,20)21/h3-4,7H,2,5-6H2,1H3,(H,22,23,26,30). The maximum Gasteiger partial charge on any atom is 0.389 e. The smallest absolute Gasteiger partial charge is 0.288 e. The van der Waals surface area contributed by atoms with Crippen LogP contribution in [0.25, 0.3) is 5.69 Å². The molecule has 0 saturated carbocycles. The highest BCUT2D eigenvalue weighted by atomic mass is 35.5. The van der Waals surface area contributed by atoms with E-state index in [-0.39, 0.29) is 34.6 Å². The van der Waals surface area contributed by atoms with Gasteiger partial charge in [0.1, 0.15) is 0 Å². The normalized spacial score (nSPS) is 11.6. The first-order valence-corrected chi connectivity index (χ1v) is 9.53. The maximum atomic E-state index is 12.8. The van der Waals surface area contributed by atoms with Crippen molar-refractivity contribution in [2.45, 2.75) is 25.6 Å². The fraction of sp³-hybridized carbons (Fsp3) is 0.312. The summed E-state index contributed by atoms with van der Waals surface area (Å²) < 4.78 is 39.4. The molecule has 1 amide bonds. The zero-order valence-electron chi connectivity index (χ0n) is 16.1. The van der Waals surface area contributed by atoms with Crippen LogP contribution in [0.3, 0.4) is 0 Å². The van der Waals surface area contributed by atoms with Gasteiger partial charge in [-0.3, -0.25) is 14.9 Å². The molecule has 0 aliphatic rings. The van der Waals surface area contributed by atoms with Gasteiger partial charge < -0.3 is 0 Å². The summed E-state index contributed by atoms with van der Waals surface area (Å²) in [4.78, 5) is 37.9. The Kier molecular flexibility index (Phi) is 6.64. The minimum atomic E-state index is -4.36. The van der Waals surface area contributed by atoms with Crippen LogP contribution in [0.1, 0.15) is 23.3 Å². The number of hydrogen-bond acceptors (Lipinski definition) is 7. The molecule has 0 atom stereocenters. The monoisotopic (exact) mass is 492 g/mol. The number of nitrogens with one attached hydrogen (secondary N) is 1. The number of carbonyl (C=O) groups excluding carboxylic acids is 1. The Hall–Kier alpha value is -3.26. The first-order valence-electron chi connectivity index (χ1n) is 8.78. The fourth-order valence-electron chi connectivity index (χ4n) is 2.60. The molecular weight excluding hydrogens is 480 g/mol. The molecule has 11 nitrogen and oxygen atoms in total. The molecule has 16 heteroatoms. The van der Waals surface area contributed by atoms with Crippen molar-refractivity contribution in [1.29, 1.82) is 0 Å². The van der Waals surface area contributed by atoms with E-state index in [0.717, 1.165) is 9.36 Å². The highest BCUT2D eigenvalue weighted by molar-refractivity contribution is 6.42. The number of tetrazole rings is 1. The van der Waals surface area contributed by atoms with Crippen LogP contribution >= 0.6 is 23.2 Å². The molecule has 0 aliphatic heterocycles. The number of hydrogen-bond donors (Lipinski definition) is 1. The van der Waals surface area contributed by atoms with Gasteiger partial charge in [0.05, 0.1) is 15.7 Å². The van der Waals surface area contributed by atoms with Gasteiger partial charge in [-0.2, -0.15) is 18.3 Å². The zero-order valence-corrected chi connectivity index (χ0v) is 17.6. The molecule has 0 aliphatic carbocycles. The molecule has 170 valence electrons. The third-order valence-corrected chi connectivity index (χ3v) is 4.83. The lowest BCUT2D eigenvalue weighted by atomic mass is 10.3. The van der Waals surface area contributed by atoms with Crippen LogP contribution in [-0.4, -0.2) is 46.6 Å². The SMILES string of the molecule is Cn1nc(C(=O)Nc2nnnn2CCCC(F)(F)F)c(=O)n(-c2ccc(Cl)c(Cl)c2)c1=O. The van der Waals surface area contributed by atoms with Crippen LogP contribution in [0.2, 0.25) is 10.0 Å². The van der Waals surface area contributed by atoms with E-state index in [1.807, 2.05) is 0 Å². The Bertz CT molecular complexity index is 1280. The van der Waals surface area contributed by atoms with Gasteiger partial charge in [0.15, 0.2) is 0 Å². The van der Waals surface area contributed by atoms with Crippen LogP contribution < -0.4 is 16.6 Å². The van der Waals surface area contributed by atoms with Gasteiger partial charge in [-0.05, 0) is 35.0 Å². The average Bonchev–Trinajstić information content (AvgIpc) is 3.13. The molecule has 2 heterocycles. The molecular formula is C16H13Cl2F3N8O3. The number of aromatic nitrogens is 7. The summed E-state index contributed by atoms with van der Waals surface area (Å²) in [6, 6.07) is 3.97. The second kappa shape index (κ2) is 9.08. The number of halogens is 5. The summed E-state index contributed by atoms with van der Waals surface area (Å²) in [5.41, 5.74) is -2.58. The van der Waals surface area contributed by atoms with E-state index in [1.165, 1.54) is 25.2 Å². The molecule has 0 radical (unpaired) electrons. The van der Waals surface area contributed by atoms with Gasteiger partial charge >= 0.3 is 11.9 Å². The molecule has 2 aromatic heterocycles. The van der Waals surface area contributed by atoms with E-state index in [2.05, 4.69) is 25.9 Å². The topological polar surface area (TPSA) is 130 Å². The molecule has 3 rings (SSSR count). The fourth-order valence-corrected chi connectivity index (χ4v) is 2.89. The van der Waals surface area contributed by atoms with Crippen molar-refractivity contribution < 1.29 is 18.0 Å². The van der Waals surface area contributed by atoms with Gasteiger partial charge in [0.25, 0.3) is 11.5 Å². The number of aryl methyl sites for hydroxylation is 2. The lowest BCUT2D eigenvalue weighted by Crippen LogP contribution is -2.43. The molecule has 1 aromatic carbocycles. The minimum Gasteiger partial charge on any atom is -0.288 e. The number of carbonyl (C=O) groups is 1. The minimum absolute atomic E-state index is 0.0402. The Morgan fingerprint density at radius 3 is 2.56 bits per heavy atom. The van der Waals surface area contributed by atoms with Crippen LogP contribution in [0.4, 0.5) is 19.1 Å². The number of anilines is 1. The first kappa shape index (κ1) is 23.4. The van der Waals surface area contributed by atoms with Crippen molar-refractivity contribution in [2.24, 2.45) is 7.05 Å². The zero-order chi connectivity index (χ0) is 23.6. The molecule has 1 N–H and O–H groups in total. The molecule has 0 bridgehead atoms. The van der Waals surface area contributed by atoms with E-state index in [9.17, 15) is 27.6 Å². The van der Waals surface area contributed by atoms with Gasteiger partial charge in [-0.25, -0.2) is 18.7 Å². The van der Waals surface area contributed by atoms with E-state index in [4.69, 9.17) is 23.2 Å². The second-order valence-electron chi connectivity index (χ2n) is 6.39. The van der Waals surface area contributed by atoms with Crippen LogP contribution in [0.5, 0.6) is 0 Å². The van der Waals surface area contributed by atoms with E-state index < -0.39 is 35.4 Å². The third kappa shape index (κ3) is 5.13. The highest BCUT2D eigenvalue weighted by Crippen LogP contribution is 2.23. The highest BCUT2D eigenvalue weighted by Gasteiger charge is 2.27. The summed E-state index contributed by atoms with van der Waals surface area (Å²) >= 11 is 11.8. The summed E-state index contributed by atoms with van der Waals surface area (Å²) in [6.07, 6.45) is -5.76. The van der Waals surface area contributed by atoms with E-state index >= 15 is 0 Å². The van der Waals surface area contributed by atoms with Crippen molar-refractivity contribution in [1.82, 2.24) is 34.6 Å².